The second kappa shape index (κ2) is 3.22. The van der Waals surface area contributed by atoms with Gasteiger partial charge in [0.15, 0.2) is 0 Å². The number of furan rings is 1. The van der Waals surface area contributed by atoms with Crippen molar-refractivity contribution >= 4 is 22.6 Å². The smallest absolute Gasteiger partial charge is 0.104 e. The van der Waals surface area contributed by atoms with Crippen LogP contribution in [0.4, 0.5) is 0 Å². The van der Waals surface area contributed by atoms with Gasteiger partial charge < -0.3 is 9.52 Å². The molecule has 0 unspecified atom stereocenters. The van der Waals surface area contributed by atoms with Crippen LogP contribution in [0.2, 0.25) is 0 Å². The quantitative estimate of drug-likeness (QED) is 0.790. The van der Waals surface area contributed by atoms with Gasteiger partial charge in [0.25, 0.3) is 0 Å². The molecule has 0 bridgehead atoms. The van der Waals surface area contributed by atoms with Gasteiger partial charge in [-0.05, 0) is 29.0 Å². The Morgan fingerprint density at radius 1 is 1.56 bits per heavy atom. The average Bonchev–Trinajstić information content (AvgIpc) is 2.18. The Bertz CT molecular complexity index is 183. The lowest BCUT2D eigenvalue weighted by Crippen LogP contribution is -1.88. The van der Waals surface area contributed by atoms with Crippen molar-refractivity contribution in [2.45, 2.75) is 6.42 Å². The van der Waals surface area contributed by atoms with Crippen LogP contribution < -0.4 is 0 Å². The summed E-state index contributed by atoms with van der Waals surface area (Å²) in [4.78, 5) is 0. The molecular formula is C6H7IO2. The summed E-state index contributed by atoms with van der Waals surface area (Å²) in [7, 11) is 0. The Kier molecular flexibility index (Phi) is 2.53. The summed E-state index contributed by atoms with van der Waals surface area (Å²) in [6, 6.07) is 0. The van der Waals surface area contributed by atoms with Gasteiger partial charge in [0.05, 0.1) is 9.83 Å². The van der Waals surface area contributed by atoms with Crippen molar-refractivity contribution in [1.29, 1.82) is 0 Å². The van der Waals surface area contributed by atoms with Crippen LogP contribution in [0.3, 0.4) is 0 Å². The maximum absolute atomic E-state index is 8.52. The van der Waals surface area contributed by atoms with Crippen LogP contribution in [-0.2, 0) is 6.42 Å². The zero-order valence-corrected chi connectivity index (χ0v) is 6.96. The van der Waals surface area contributed by atoms with Gasteiger partial charge in [-0.25, -0.2) is 0 Å². The standard InChI is InChI=1S/C6H7IO2/c7-6-4-9-3-5(6)1-2-8/h3-4,8H,1-2H2. The minimum atomic E-state index is 0.190. The van der Waals surface area contributed by atoms with Crippen LogP contribution in [0, 0.1) is 3.57 Å². The predicted octanol–water partition coefficient (Wildman–Crippen LogP) is 1.42. The fraction of sp³-hybridized carbons (Fsp3) is 0.333. The Hall–Kier alpha value is -0.0300. The van der Waals surface area contributed by atoms with E-state index in [2.05, 4.69) is 22.6 Å². The van der Waals surface area contributed by atoms with E-state index >= 15 is 0 Å². The van der Waals surface area contributed by atoms with E-state index in [9.17, 15) is 0 Å². The molecule has 1 heterocycles. The maximum atomic E-state index is 8.52. The zero-order valence-electron chi connectivity index (χ0n) is 4.80. The SMILES string of the molecule is OCCc1cocc1I. The summed E-state index contributed by atoms with van der Waals surface area (Å²) in [6.45, 7) is 0.190. The van der Waals surface area contributed by atoms with Crippen molar-refractivity contribution in [3.8, 4) is 0 Å². The number of hydrogen-bond acceptors (Lipinski definition) is 2. The van der Waals surface area contributed by atoms with E-state index in [1.807, 2.05) is 0 Å². The molecule has 0 aliphatic carbocycles. The largest absolute Gasteiger partial charge is 0.471 e. The lowest BCUT2D eigenvalue weighted by Gasteiger charge is -1.88. The van der Waals surface area contributed by atoms with E-state index in [-0.39, 0.29) is 6.61 Å². The summed E-state index contributed by atoms with van der Waals surface area (Å²) in [5.74, 6) is 0. The Labute approximate surface area is 67.0 Å². The van der Waals surface area contributed by atoms with Crippen LogP contribution in [-0.4, -0.2) is 11.7 Å². The molecule has 0 fully saturated rings. The molecule has 1 N–H and O–H groups in total. The first kappa shape index (κ1) is 7.08. The molecule has 3 heteroatoms. The number of aliphatic hydroxyl groups is 1. The van der Waals surface area contributed by atoms with Crippen molar-refractivity contribution in [3.63, 3.8) is 0 Å². The molecule has 0 amide bonds. The van der Waals surface area contributed by atoms with Crippen molar-refractivity contribution in [3.05, 3.63) is 21.7 Å². The highest BCUT2D eigenvalue weighted by atomic mass is 127. The monoisotopic (exact) mass is 238 g/mol. The third-order valence-electron chi connectivity index (χ3n) is 1.07. The van der Waals surface area contributed by atoms with E-state index in [1.165, 1.54) is 0 Å². The maximum Gasteiger partial charge on any atom is 0.104 e. The van der Waals surface area contributed by atoms with E-state index < -0.39 is 0 Å². The fourth-order valence-corrected chi connectivity index (χ4v) is 1.15. The topological polar surface area (TPSA) is 33.4 Å². The number of aliphatic hydroxyl groups excluding tert-OH is 1. The number of halogens is 1. The van der Waals surface area contributed by atoms with Crippen LogP contribution in [0.1, 0.15) is 5.56 Å². The van der Waals surface area contributed by atoms with Gasteiger partial charge in [-0.3, -0.25) is 0 Å². The minimum Gasteiger partial charge on any atom is -0.471 e. The zero-order chi connectivity index (χ0) is 6.69. The summed E-state index contributed by atoms with van der Waals surface area (Å²) in [5.41, 5.74) is 1.08. The predicted molar refractivity (Wildman–Crippen MR) is 42.2 cm³/mol. The Morgan fingerprint density at radius 3 is 2.78 bits per heavy atom. The lowest BCUT2D eigenvalue weighted by molar-refractivity contribution is 0.299. The third kappa shape index (κ3) is 1.69. The molecule has 0 aliphatic heterocycles. The molecule has 1 aromatic heterocycles. The molecule has 1 rings (SSSR count). The number of rotatable bonds is 2. The van der Waals surface area contributed by atoms with Crippen molar-refractivity contribution < 1.29 is 9.52 Å². The van der Waals surface area contributed by atoms with Gasteiger partial charge in [0.2, 0.25) is 0 Å². The van der Waals surface area contributed by atoms with Crippen LogP contribution in [0.15, 0.2) is 16.9 Å². The van der Waals surface area contributed by atoms with Crippen LogP contribution >= 0.6 is 22.6 Å². The molecule has 0 radical (unpaired) electrons. The first-order valence-electron chi connectivity index (χ1n) is 2.66. The fourth-order valence-electron chi connectivity index (χ4n) is 0.607. The minimum absolute atomic E-state index is 0.190. The summed E-state index contributed by atoms with van der Waals surface area (Å²) in [6.07, 6.45) is 4.03. The molecule has 9 heavy (non-hydrogen) atoms. The summed E-state index contributed by atoms with van der Waals surface area (Å²) < 4.78 is 5.96. The molecule has 0 atom stereocenters. The molecule has 0 saturated carbocycles. The second-order valence-electron chi connectivity index (χ2n) is 1.72. The normalized spacial score (nSPS) is 10.0. The van der Waals surface area contributed by atoms with Gasteiger partial charge in [-0.15, -0.1) is 0 Å². The highest BCUT2D eigenvalue weighted by molar-refractivity contribution is 14.1. The highest BCUT2D eigenvalue weighted by Crippen LogP contribution is 2.12. The first-order chi connectivity index (χ1) is 4.34. The molecular weight excluding hydrogens is 231 g/mol. The van der Waals surface area contributed by atoms with Gasteiger partial charge in [0, 0.05) is 12.2 Å². The molecule has 0 saturated heterocycles. The second-order valence-corrected chi connectivity index (χ2v) is 2.88. The van der Waals surface area contributed by atoms with E-state index in [0.29, 0.717) is 6.42 Å². The molecule has 50 valence electrons. The van der Waals surface area contributed by atoms with Crippen molar-refractivity contribution in [2.75, 3.05) is 6.61 Å². The Balaban J connectivity index is 2.69. The average molecular weight is 238 g/mol. The van der Waals surface area contributed by atoms with Crippen LogP contribution in [0.25, 0.3) is 0 Å². The molecule has 0 aromatic carbocycles. The van der Waals surface area contributed by atoms with E-state index in [0.717, 1.165) is 9.13 Å². The van der Waals surface area contributed by atoms with Gasteiger partial charge >= 0.3 is 0 Å². The van der Waals surface area contributed by atoms with E-state index in [1.54, 1.807) is 12.5 Å². The number of hydrogen-bond donors (Lipinski definition) is 1. The van der Waals surface area contributed by atoms with Crippen LogP contribution in [0.5, 0.6) is 0 Å². The van der Waals surface area contributed by atoms with Gasteiger partial charge in [-0.1, -0.05) is 0 Å². The first-order valence-corrected chi connectivity index (χ1v) is 3.74. The third-order valence-corrected chi connectivity index (χ3v) is 2.02. The van der Waals surface area contributed by atoms with Gasteiger partial charge in [0.1, 0.15) is 6.26 Å². The summed E-state index contributed by atoms with van der Waals surface area (Å²) >= 11 is 2.17. The van der Waals surface area contributed by atoms with E-state index in [4.69, 9.17) is 9.52 Å². The molecule has 0 spiro atoms. The molecule has 0 aliphatic rings. The van der Waals surface area contributed by atoms with Gasteiger partial charge in [-0.2, -0.15) is 0 Å². The van der Waals surface area contributed by atoms with Crippen molar-refractivity contribution in [2.24, 2.45) is 0 Å². The lowest BCUT2D eigenvalue weighted by atomic mass is 10.3. The molecule has 2 nitrogen and oxygen atoms in total. The summed E-state index contributed by atoms with van der Waals surface area (Å²) in [5, 5.41) is 8.52. The molecule has 1 aromatic rings. The highest BCUT2D eigenvalue weighted by Gasteiger charge is 1.98. The van der Waals surface area contributed by atoms with Crippen molar-refractivity contribution in [1.82, 2.24) is 0 Å². The Morgan fingerprint density at radius 2 is 2.33 bits per heavy atom.